The fraction of sp³-hybridized carbons (Fsp3) is 0.333. The summed E-state index contributed by atoms with van der Waals surface area (Å²) in [6, 6.07) is 11.5. The lowest BCUT2D eigenvalue weighted by atomic mass is 9.74. The van der Waals surface area contributed by atoms with Gasteiger partial charge in [-0.25, -0.2) is 5.43 Å². The zero-order chi connectivity index (χ0) is 14.7. The third-order valence-corrected chi connectivity index (χ3v) is 3.62. The topological polar surface area (TPSA) is 89.0 Å². The van der Waals surface area contributed by atoms with Crippen LogP contribution in [-0.4, -0.2) is 11.6 Å². The van der Waals surface area contributed by atoms with Gasteiger partial charge in [-0.1, -0.05) is 24.3 Å². The second-order valence-electron chi connectivity index (χ2n) is 4.83. The molecule has 0 bridgehead atoms. The van der Waals surface area contributed by atoms with Gasteiger partial charge in [0.15, 0.2) is 0 Å². The van der Waals surface area contributed by atoms with Crippen molar-refractivity contribution in [2.75, 3.05) is 0 Å². The van der Waals surface area contributed by atoms with Crippen LogP contribution < -0.4 is 5.43 Å². The van der Waals surface area contributed by atoms with Crippen molar-refractivity contribution in [3.8, 4) is 12.1 Å². The van der Waals surface area contributed by atoms with Crippen molar-refractivity contribution in [1.82, 2.24) is 5.43 Å². The third kappa shape index (κ3) is 2.26. The monoisotopic (exact) mass is 266 g/mol. The van der Waals surface area contributed by atoms with Crippen molar-refractivity contribution < 1.29 is 4.79 Å². The molecule has 1 heterocycles. The van der Waals surface area contributed by atoms with Crippen molar-refractivity contribution in [2.24, 2.45) is 16.9 Å². The van der Waals surface area contributed by atoms with Crippen LogP contribution in [0, 0.1) is 41.4 Å². The second-order valence-corrected chi connectivity index (χ2v) is 4.83. The van der Waals surface area contributed by atoms with Gasteiger partial charge >= 0.3 is 0 Å². The Hall–Kier alpha value is -2.66. The van der Waals surface area contributed by atoms with Gasteiger partial charge in [0.2, 0.25) is 5.91 Å². The molecule has 0 radical (unpaired) electrons. The molecule has 5 heteroatoms. The number of nitriles is 2. The van der Waals surface area contributed by atoms with E-state index in [0.717, 1.165) is 11.1 Å². The summed E-state index contributed by atoms with van der Waals surface area (Å²) >= 11 is 0. The summed E-state index contributed by atoms with van der Waals surface area (Å²) in [6.45, 7) is 3.65. The smallest absolute Gasteiger partial charge is 0.249 e. The largest absolute Gasteiger partial charge is 0.272 e. The molecular weight excluding hydrogens is 252 g/mol. The Balaban J connectivity index is 2.55. The summed E-state index contributed by atoms with van der Waals surface area (Å²) < 4.78 is 0. The summed E-state index contributed by atoms with van der Waals surface area (Å²) in [4.78, 5) is 12.0. The predicted octanol–water partition coefficient (Wildman–Crippen LogP) is 1.86. The third-order valence-electron chi connectivity index (χ3n) is 3.62. The molecule has 100 valence electrons. The van der Waals surface area contributed by atoms with E-state index in [1.54, 1.807) is 6.92 Å². The van der Waals surface area contributed by atoms with Crippen molar-refractivity contribution in [1.29, 1.82) is 10.5 Å². The minimum absolute atomic E-state index is 0.258. The first kappa shape index (κ1) is 13.8. The first-order chi connectivity index (χ1) is 9.60. The van der Waals surface area contributed by atoms with Gasteiger partial charge in [-0.2, -0.15) is 15.6 Å². The highest BCUT2D eigenvalue weighted by Gasteiger charge is 2.41. The van der Waals surface area contributed by atoms with Gasteiger partial charge in [0, 0.05) is 11.6 Å². The quantitative estimate of drug-likeness (QED) is 0.905. The summed E-state index contributed by atoms with van der Waals surface area (Å²) in [6.07, 6.45) is 0. The van der Waals surface area contributed by atoms with Crippen LogP contribution in [0.4, 0.5) is 0 Å². The molecule has 0 unspecified atom stereocenters. The van der Waals surface area contributed by atoms with Gasteiger partial charge in [0.05, 0.1) is 18.1 Å². The molecular formula is C15H14N4O. The first-order valence-electron chi connectivity index (χ1n) is 6.29. The number of rotatable bonds is 3. The lowest BCUT2D eigenvalue weighted by Crippen LogP contribution is -2.32. The Morgan fingerprint density at radius 1 is 1.25 bits per heavy atom. The van der Waals surface area contributed by atoms with Crippen LogP contribution in [0.2, 0.25) is 0 Å². The molecule has 5 nitrogen and oxygen atoms in total. The van der Waals surface area contributed by atoms with Crippen LogP contribution in [-0.2, 0) is 4.79 Å². The number of nitrogens with zero attached hydrogens (tertiary/aromatic N) is 3. The molecule has 0 fully saturated rings. The van der Waals surface area contributed by atoms with E-state index in [1.807, 2.05) is 43.3 Å². The van der Waals surface area contributed by atoms with Gasteiger partial charge in [-0.05, 0) is 25.0 Å². The van der Waals surface area contributed by atoms with E-state index < -0.39 is 17.8 Å². The highest BCUT2D eigenvalue weighted by molar-refractivity contribution is 6.07. The molecule has 1 amide bonds. The molecule has 20 heavy (non-hydrogen) atoms. The maximum Gasteiger partial charge on any atom is 0.249 e. The lowest BCUT2D eigenvalue weighted by Gasteiger charge is -2.24. The summed E-state index contributed by atoms with van der Waals surface area (Å²) in [7, 11) is 0. The van der Waals surface area contributed by atoms with Gasteiger partial charge in [0.1, 0.15) is 5.92 Å². The highest BCUT2D eigenvalue weighted by atomic mass is 16.2. The lowest BCUT2D eigenvalue weighted by molar-refractivity contribution is -0.122. The average Bonchev–Trinajstić information content (AvgIpc) is 2.77. The maximum atomic E-state index is 12.0. The van der Waals surface area contributed by atoms with Crippen LogP contribution in [0.1, 0.15) is 24.0 Å². The van der Waals surface area contributed by atoms with Crippen LogP contribution in [0.5, 0.6) is 0 Å². The normalized spacial score (nSPS) is 18.9. The van der Waals surface area contributed by atoms with E-state index >= 15 is 0 Å². The Morgan fingerprint density at radius 3 is 2.40 bits per heavy atom. The number of hydrogen-bond acceptors (Lipinski definition) is 4. The zero-order valence-electron chi connectivity index (χ0n) is 11.3. The molecule has 1 N–H and O–H groups in total. The fourth-order valence-corrected chi connectivity index (χ4v) is 2.60. The molecule has 0 aliphatic carbocycles. The Labute approximate surface area is 117 Å². The van der Waals surface area contributed by atoms with Crippen LogP contribution >= 0.6 is 0 Å². The second kappa shape index (κ2) is 5.54. The summed E-state index contributed by atoms with van der Waals surface area (Å²) in [5.74, 6) is -2.22. The van der Waals surface area contributed by atoms with E-state index in [1.165, 1.54) is 0 Å². The first-order valence-corrected chi connectivity index (χ1v) is 6.29. The zero-order valence-corrected chi connectivity index (χ0v) is 11.3. The molecule has 1 aliphatic heterocycles. The molecule has 2 rings (SSSR count). The molecule has 0 saturated heterocycles. The number of benzene rings is 1. The van der Waals surface area contributed by atoms with Gasteiger partial charge in [-0.15, -0.1) is 0 Å². The number of amides is 1. The average molecular weight is 266 g/mol. The number of carbonyl (C=O) groups excluding carboxylic acids is 1. The van der Waals surface area contributed by atoms with E-state index in [4.69, 9.17) is 0 Å². The van der Waals surface area contributed by atoms with E-state index in [-0.39, 0.29) is 5.91 Å². The molecule has 0 aromatic heterocycles. The highest BCUT2D eigenvalue weighted by Crippen LogP contribution is 2.36. The number of carbonyl (C=O) groups is 1. The minimum atomic E-state index is -0.893. The van der Waals surface area contributed by atoms with Gasteiger partial charge in [0.25, 0.3) is 0 Å². The Bertz CT molecular complexity index is 637. The van der Waals surface area contributed by atoms with Crippen molar-refractivity contribution in [3.63, 3.8) is 0 Å². The van der Waals surface area contributed by atoms with Crippen molar-refractivity contribution in [2.45, 2.75) is 19.8 Å². The Morgan fingerprint density at radius 2 is 1.90 bits per heavy atom. The standard InChI is InChI=1S/C15H14N4O/c1-9-5-3-4-6-12(9)14(11(7-16)8-17)13-10(2)18-19-15(13)20/h3-6,11,13-14H,1-2H3,(H,19,20)/t13-,14+/m0/s1. The van der Waals surface area contributed by atoms with Crippen LogP contribution in [0.3, 0.4) is 0 Å². The number of hydrazone groups is 1. The molecule has 1 aromatic carbocycles. The molecule has 0 spiro atoms. The number of hydrogen-bond donors (Lipinski definition) is 1. The molecule has 1 aromatic rings. The number of nitrogens with one attached hydrogen (secondary N) is 1. The number of aryl methyl sites for hydroxylation is 1. The van der Waals surface area contributed by atoms with Crippen molar-refractivity contribution >= 4 is 11.6 Å². The van der Waals surface area contributed by atoms with Crippen molar-refractivity contribution in [3.05, 3.63) is 35.4 Å². The maximum absolute atomic E-state index is 12.0. The van der Waals surface area contributed by atoms with Gasteiger partial charge < -0.3 is 0 Å². The predicted molar refractivity (Wildman–Crippen MR) is 73.4 cm³/mol. The summed E-state index contributed by atoms with van der Waals surface area (Å²) in [5.41, 5.74) is 4.84. The summed E-state index contributed by atoms with van der Waals surface area (Å²) in [5, 5.41) is 22.4. The SMILES string of the molecule is CC1=NNC(=O)[C@@H]1[C@@H](c1ccccc1C)C(C#N)C#N. The van der Waals surface area contributed by atoms with E-state index in [9.17, 15) is 15.3 Å². The fourth-order valence-electron chi connectivity index (χ4n) is 2.60. The minimum Gasteiger partial charge on any atom is -0.272 e. The molecule has 2 atom stereocenters. The molecule has 1 aliphatic rings. The molecule has 0 saturated carbocycles. The van der Waals surface area contributed by atoms with E-state index in [2.05, 4.69) is 10.5 Å². The van der Waals surface area contributed by atoms with E-state index in [0.29, 0.717) is 5.71 Å². The van der Waals surface area contributed by atoms with Crippen LogP contribution in [0.25, 0.3) is 0 Å². The van der Waals surface area contributed by atoms with Crippen LogP contribution in [0.15, 0.2) is 29.4 Å². The van der Waals surface area contributed by atoms with Gasteiger partial charge in [-0.3, -0.25) is 4.79 Å². The Kier molecular flexibility index (Phi) is 3.81.